The molecule has 0 atom stereocenters. The first-order valence-corrected chi connectivity index (χ1v) is 12.4. The number of hydrogen-bond donors (Lipinski definition) is 1. The van der Waals surface area contributed by atoms with E-state index in [1.54, 1.807) is 0 Å². The van der Waals surface area contributed by atoms with Crippen LogP contribution >= 0.6 is 11.6 Å². The Morgan fingerprint density at radius 1 is 0.800 bits per heavy atom. The molecule has 0 aliphatic carbocycles. The number of halogens is 1. The SMILES string of the molecule is Cc1ccc(N2C(=O)C(Cl)=C(N3CC[NH+](C(c4ccccc4)c4ccccc4)CC3)C2=O)c(C)c1. The van der Waals surface area contributed by atoms with Gasteiger partial charge in [-0.1, -0.05) is 90.0 Å². The minimum absolute atomic E-state index is 0.0149. The molecule has 0 saturated carbocycles. The van der Waals surface area contributed by atoms with Gasteiger partial charge in [0.15, 0.2) is 0 Å². The Bertz CT molecular complexity index is 1240. The van der Waals surface area contributed by atoms with Crippen LogP contribution in [-0.4, -0.2) is 42.9 Å². The van der Waals surface area contributed by atoms with Crippen LogP contribution in [-0.2, 0) is 9.59 Å². The maximum atomic E-state index is 13.4. The molecule has 5 rings (SSSR count). The molecule has 6 heteroatoms. The van der Waals surface area contributed by atoms with Gasteiger partial charge in [-0.3, -0.25) is 9.59 Å². The van der Waals surface area contributed by atoms with Crippen molar-refractivity contribution in [3.63, 3.8) is 0 Å². The van der Waals surface area contributed by atoms with E-state index in [4.69, 9.17) is 11.6 Å². The van der Waals surface area contributed by atoms with Crippen molar-refractivity contribution in [1.82, 2.24) is 4.90 Å². The van der Waals surface area contributed by atoms with Crippen molar-refractivity contribution in [2.45, 2.75) is 19.9 Å². The number of nitrogens with zero attached hydrogens (tertiary/aromatic N) is 2. The molecule has 35 heavy (non-hydrogen) atoms. The van der Waals surface area contributed by atoms with Crippen molar-refractivity contribution in [3.05, 3.63) is 112 Å². The number of carbonyl (C=O) groups excluding carboxylic acids is 2. The molecule has 0 spiro atoms. The van der Waals surface area contributed by atoms with E-state index in [9.17, 15) is 9.59 Å². The van der Waals surface area contributed by atoms with E-state index < -0.39 is 5.91 Å². The molecule has 3 aromatic carbocycles. The van der Waals surface area contributed by atoms with Gasteiger partial charge >= 0.3 is 0 Å². The van der Waals surface area contributed by atoms with Gasteiger partial charge in [0.2, 0.25) is 0 Å². The molecule has 1 fully saturated rings. The topological polar surface area (TPSA) is 45.1 Å². The lowest BCUT2D eigenvalue weighted by atomic mass is 9.96. The number of anilines is 1. The monoisotopic (exact) mass is 486 g/mol. The molecule has 2 heterocycles. The summed E-state index contributed by atoms with van der Waals surface area (Å²) in [7, 11) is 0. The molecule has 2 aliphatic rings. The predicted molar refractivity (Wildman–Crippen MR) is 138 cm³/mol. The lowest BCUT2D eigenvalue weighted by molar-refractivity contribution is -0.929. The average Bonchev–Trinajstić information content (AvgIpc) is 3.09. The molecule has 0 aromatic heterocycles. The zero-order valence-corrected chi connectivity index (χ0v) is 20.8. The maximum Gasteiger partial charge on any atom is 0.283 e. The lowest BCUT2D eigenvalue weighted by Crippen LogP contribution is -3.15. The van der Waals surface area contributed by atoms with E-state index in [1.807, 2.05) is 49.1 Å². The highest BCUT2D eigenvalue weighted by molar-refractivity contribution is 6.52. The van der Waals surface area contributed by atoms with Gasteiger partial charge in [0.05, 0.1) is 31.9 Å². The van der Waals surface area contributed by atoms with Gasteiger partial charge in [-0.2, -0.15) is 0 Å². The third-order valence-electron chi connectivity index (χ3n) is 6.99. The first-order valence-electron chi connectivity index (χ1n) is 12.0. The summed E-state index contributed by atoms with van der Waals surface area (Å²) in [4.78, 5) is 31.1. The van der Waals surface area contributed by atoms with Gasteiger partial charge < -0.3 is 9.80 Å². The summed E-state index contributed by atoms with van der Waals surface area (Å²) >= 11 is 6.49. The van der Waals surface area contributed by atoms with Crippen molar-refractivity contribution >= 4 is 29.1 Å². The van der Waals surface area contributed by atoms with Gasteiger partial charge in [-0.25, -0.2) is 4.90 Å². The first-order chi connectivity index (χ1) is 17.0. The summed E-state index contributed by atoms with van der Waals surface area (Å²) in [6, 6.07) is 27.0. The Hall–Kier alpha value is -3.41. The van der Waals surface area contributed by atoms with Crippen LogP contribution in [0.3, 0.4) is 0 Å². The van der Waals surface area contributed by atoms with Crippen LogP contribution in [0.4, 0.5) is 5.69 Å². The van der Waals surface area contributed by atoms with E-state index in [2.05, 4.69) is 48.5 Å². The second-order valence-corrected chi connectivity index (χ2v) is 9.68. The quantitative estimate of drug-likeness (QED) is 0.560. The number of imide groups is 1. The molecule has 178 valence electrons. The van der Waals surface area contributed by atoms with Gasteiger partial charge in [-0.05, 0) is 25.5 Å². The zero-order valence-electron chi connectivity index (χ0n) is 20.0. The highest BCUT2D eigenvalue weighted by Gasteiger charge is 2.43. The van der Waals surface area contributed by atoms with Gasteiger partial charge in [0.1, 0.15) is 16.8 Å². The number of rotatable bonds is 5. The molecular formula is C29H29ClN3O2+. The van der Waals surface area contributed by atoms with Crippen molar-refractivity contribution in [3.8, 4) is 0 Å². The number of carbonyl (C=O) groups is 2. The number of piperazine rings is 1. The van der Waals surface area contributed by atoms with E-state index in [0.717, 1.165) is 24.2 Å². The normalized spacial score (nSPS) is 17.1. The molecule has 3 aromatic rings. The van der Waals surface area contributed by atoms with Crippen molar-refractivity contribution in [1.29, 1.82) is 0 Å². The second kappa shape index (κ2) is 9.68. The number of nitrogens with one attached hydrogen (secondary N) is 1. The van der Waals surface area contributed by atoms with Crippen LogP contribution in [0.2, 0.25) is 0 Å². The predicted octanol–water partition coefficient (Wildman–Crippen LogP) is 3.62. The standard InChI is InChI=1S/C29H28ClN3O2/c1-20-13-14-24(21(2)19-20)33-28(34)25(30)27(29(33)35)32-17-15-31(16-18-32)26(22-9-5-3-6-10-22)23-11-7-4-8-12-23/h3-14,19,26H,15-18H2,1-2H3/p+1. The van der Waals surface area contributed by atoms with E-state index in [-0.39, 0.29) is 17.0 Å². The molecule has 2 aliphatic heterocycles. The van der Waals surface area contributed by atoms with E-state index >= 15 is 0 Å². The summed E-state index contributed by atoms with van der Waals surface area (Å²) in [6.07, 6.45) is 0. The van der Waals surface area contributed by atoms with Crippen LogP contribution in [0, 0.1) is 13.8 Å². The molecule has 1 saturated heterocycles. The molecule has 5 nitrogen and oxygen atoms in total. The molecule has 0 unspecified atom stereocenters. The Morgan fingerprint density at radius 2 is 1.37 bits per heavy atom. The second-order valence-electron chi connectivity index (χ2n) is 9.30. The average molecular weight is 487 g/mol. The summed E-state index contributed by atoms with van der Waals surface area (Å²) in [5.74, 6) is -0.780. The Labute approximate surface area is 211 Å². The number of quaternary nitrogens is 1. The largest absolute Gasteiger partial charge is 0.354 e. The van der Waals surface area contributed by atoms with Crippen LogP contribution in [0.5, 0.6) is 0 Å². The van der Waals surface area contributed by atoms with Gasteiger partial charge in [-0.15, -0.1) is 0 Å². The molecule has 2 amide bonds. The third kappa shape index (κ3) is 4.38. The summed E-state index contributed by atoms with van der Waals surface area (Å²) in [6.45, 7) is 6.85. The summed E-state index contributed by atoms with van der Waals surface area (Å²) < 4.78 is 0. The fourth-order valence-electron chi connectivity index (χ4n) is 5.30. The van der Waals surface area contributed by atoms with Gasteiger partial charge in [0.25, 0.3) is 11.8 Å². The fourth-order valence-corrected chi connectivity index (χ4v) is 5.59. The van der Waals surface area contributed by atoms with Crippen LogP contribution in [0.15, 0.2) is 89.6 Å². The number of aryl methyl sites for hydroxylation is 2. The van der Waals surface area contributed by atoms with E-state index in [1.165, 1.54) is 20.9 Å². The smallest absolute Gasteiger partial charge is 0.283 e. The highest BCUT2D eigenvalue weighted by atomic mass is 35.5. The minimum Gasteiger partial charge on any atom is -0.354 e. The highest BCUT2D eigenvalue weighted by Crippen LogP contribution is 2.33. The Morgan fingerprint density at radius 3 is 1.91 bits per heavy atom. The fraction of sp³-hybridized carbons (Fsp3) is 0.241. The van der Waals surface area contributed by atoms with Gasteiger partial charge in [0, 0.05) is 11.1 Å². The summed E-state index contributed by atoms with van der Waals surface area (Å²) in [5.41, 5.74) is 5.42. The van der Waals surface area contributed by atoms with Crippen LogP contribution < -0.4 is 9.80 Å². The maximum absolute atomic E-state index is 13.4. The molecule has 0 bridgehead atoms. The molecule has 0 radical (unpaired) electrons. The number of amides is 2. The van der Waals surface area contributed by atoms with E-state index in [0.29, 0.717) is 24.5 Å². The zero-order chi connectivity index (χ0) is 24.5. The Balaban J connectivity index is 1.37. The van der Waals surface area contributed by atoms with Crippen molar-refractivity contribution < 1.29 is 14.5 Å². The van der Waals surface area contributed by atoms with Crippen molar-refractivity contribution in [2.24, 2.45) is 0 Å². The number of hydrogen-bond acceptors (Lipinski definition) is 3. The molecule has 1 N–H and O–H groups in total. The Kier molecular flexibility index (Phi) is 6.46. The number of benzene rings is 3. The summed E-state index contributed by atoms with van der Waals surface area (Å²) in [5, 5.41) is 0.0149. The lowest BCUT2D eigenvalue weighted by Gasteiger charge is -2.38. The minimum atomic E-state index is -0.445. The van der Waals surface area contributed by atoms with Crippen LogP contribution in [0.25, 0.3) is 0 Å². The van der Waals surface area contributed by atoms with Crippen molar-refractivity contribution in [2.75, 3.05) is 31.1 Å². The first kappa shape index (κ1) is 23.3. The molecular weight excluding hydrogens is 458 g/mol. The van der Waals surface area contributed by atoms with Crippen LogP contribution in [0.1, 0.15) is 28.3 Å². The third-order valence-corrected chi connectivity index (χ3v) is 7.33.